The SMILES string of the molecule is NS(=O)(=O)c1ccc(-n2ncnc2CC2C=CC=CC2)cc1. The van der Waals surface area contributed by atoms with Gasteiger partial charge in [-0.25, -0.2) is 23.2 Å². The Kier molecular flexibility index (Phi) is 3.91. The summed E-state index contributed by atoms with van der Waals surface area (Å²) in [5, 5.41) is 9.33. The van der Waals surface area contributed by atoms with Gasteiger partial charge in [0.05, 0.1) is 10.6 Å². The summed E-state index contributed by atoms with van der Waals surface area (Å²) in [6.45, 7) is 0. The van der Waals surface area contributed by atoms with E-state index in [0.717, 1.165) is 24.4 Å². The second-order valence-electron chi connectivity index (χ2n) is 5.14. The van der Waals surface area contributed by atoms with E-state index >= 15 is 0 Å². The van der Waals surface area contributed by atoms with E-state index in [9.17, 15) is 8.42 Å². The van der Waals surface area contributed by atoms with Gasteiger partial charge in [0.25, 0.3) is 0 Å². The molecule has 0 radical (unpaired) electrons. The number of rotatable bonds is 4. The third-order valence-corrected chi connectivity index (χ3v) is 4.47. The Hall–Kier alpha value is -2.25. The molecule has 114 valence electrons. The molecule has 7 heteroatoms. The van der Waals surface area contributed by atoms with Crippen molar-refractivity contribution >= 4 is 10.0 Å². The van der Waals surface area contributed by atoms with Gasteiger partial charge in [0, 0.05) is 6.42 Å². The number of benzene rings is 1. The van der Waals surface area contributed by atoms with Crippen LogP contribution in [-0.2, 0) is 16.4 Å². The van der Waals surface area contributed by atoms with E-state index in [1.807, 2.05) is 12.2 Å². The lowest BCUT2D eigenvalue weighted by Crippen LogP contribution is -2.13. The lowest BCUT2D eigenvalue weighted by Gasteiger charge is -2.13. The summed E-state index contributed by atoms with van der Waals surface area (Å²) in [6, 6.07) is 6.29. The van der Waals surface area contributed by atoms with Gasteiger partial charge >= 0.3 is 0 Å². The number of hydrogen-bond donors (Lipinski definition) is 1. The van der Waals surface area contributed by atoms with Crippen molar-refractivity contribution in [3.05, 3.63) is 60.7 Å². The molecule has 0 spiro atoms. The van der Waals surface area contributed by atoms with Crippen LogP contribution in [0.1, 0.15) is 12.2 Å². The van der Waals surface area contributed by atoms with Crippen molar-refractivity contribution in [3.63, 3.8) is 0 Å². The van der Waals surface area contributed by atoms with Crippen molar-refractivity contribution in [2.24, 2.45) is 11.1 Å². The zero-order chi connectivity index (χ0) is 15.6. The molecule has 0 bridgehead atoms. The minimum atomic E-state index is -3.68. The quantitative estimate of drug-likeness (QED) is 0.927. The number of aromatic nitrogens is 3. The van der Waals surface area contributed by atoms with Gasteiger partial charge in [-0.15, -0.1) is 0 Å². The Morgan fingerprint density at radius 2 is 2.00 bits per heavy atom. The van der Waals surface area contributed by atoms with Gasteiger partial charge in [0.15, 0.2) is 0 Å². The van der Waals surface area contributed by atoms with Crippen molar-refractivity contribution in [1.82, 2.24) is 14.8 Å². The first-order chi connectivity index (χ1) is 10.5. The predicted molar refractivity (Wildman–Crippen MR) is 82.8 cm³/mol. The second kappa shape index (κ2) is 5.86. The van der Waals surface area contributed by atoms with Gasteiger partial charge in [-0.3, -0.25) is 0 Å². The molecule has 1 unspecified atom stereocenters. The molecule has 0 aliphatic heterocycles. The molecular weight excluding hydrogens is 300 g/mol. The highest BCUT2D eigenvalue weighted by Gasteiger charge is 2.14. The molecule has 1 atom stereocenters. The molecular formula is C15H16N4O2S. The Labute approximate surface area is 129 Å². The topological polar surface area (TPSA) is 90.9 Å². The Balaban J connectivity index is 1.85. The predicted octanol–water partition coefficient (Wildman–Crippen LogP) is 1.59. The molecule has 0 fully saturated rings. The van der Waals surface area contributed by atoms with Crippen molar-refractivity contribution in [1.29, 1.82) is 0 Å². The van der Waals surface area contributed by atoms with Crippen molar-refractivity contribution in [3.8, 4) is 5.69 Å². The average molecular weight is 316 g/mol. The van der Waals surface area contributed by atoms with Gasteiger partial charge in [0.2, 0.25) is 10.0 Å². The van der Waals surface area contributed by atoms with E-state index < -0.39 is 10.0 Å². The molecule has 22 heavy (non-hydrogen) atoms. The fraction of sp³-hybridized carbons (Fsp3) is 0.200. The molecule has 1 aromatic heterocycles. The standard InChI is InChI=1S/C15H16N4O2S/c16-22(20,21)14-8-6-13(7-9-14)19-15(17-11-18-19)10-12-4-2-1-3-5-12/h1-4,6-9,11-12H,5,10H2,(H2,16,20,21). The summed E-state index contributed by atoms with van der Waals surface area (Å²) in [7, 11) is -3.68. The van der Waals surface area contributed by atoms with Crippen LogP contribution in [0.25, 0.3) is 5.69 Å². The highest BCUT2D eigenvalue weighted by atomic mass is 32.2. The van der Waals surface area contributed by atoms with Crippen LogP contribution in [0, 0.1) is 5.92 Å². The largest absolute Gasteiger partial charge is 0.238 e. The smallest absolute Gasteiger partial charge is 0.225 e. The highest BCUT2D eigenvalue weighted by molar-refractivity contribution is 7.89. The number of nitrogens with two attached hydrogens (primary N) is 1. The monoisotopic (exact) mass is 316 g/mol. The molecule has 1 aliphatic carbocycles. The first kappa shape index (κ1) is 14.7. The Morgan fingerprint density at radius 1 is 1.23 bits per heavy atom. The van der Waals surface area contributed by atoms with Crippen LogP contribution in [0.5, 0.6) is 0 Å². The van der Waals surface area contributed by atoms with Crippen LogP contribution in [0.2, 0.25) is 0 Å². The van der Waals surface area contributed by atoms with E-state index in [1.165, 1.54) is 18.5 Å². The van der Waals surface area contributed by atoms with Crippen LogP contribution < -0.4 is 5.14 Å². The lowest BCUT2D eigenvalue weighted by molar-refractivity contribution is 0.597. The van der Waals surface area contributed by atoms with E-state index in [4.69, 9.17) is 5.14 Å². The normalized spacial score (nSPS) is 17.8. The zero-order valence-electron chi connectivity index (χ0n) is 11.8. The molecule has 1 aromatic carbocycles. The third kappa shape index (κ3) is 3.15. The van der Waals surface area contributed by atoms with E-state index in [-0.39, 0.29) is 4.90 Å². The highest BCUT2D eigenvalue weighted by Crippen LogP contribution is 2.19. The van der Waals surface area contributed by atoms with Crippen molar-refractivity contribution in [2.75, 3.05) is 0 Å². The molecule has 0 amide bonds. The fourth-order valence-electron chi connectivity index (χ4n) is 2.41. The van der Waals surface area contributed by atoms with Crippen LogP contribution in [0.4, 0.5) is 0 Å². The van der Waals surface area contributed by atoms with Crippen LogP contribution >= 0.6 is 0 Å². The van der Waals surface area contributed by atoms with Crippen molar-refractivity contribution < 1.29 is 8.42 Å². The zero-order valence-corrected chi connectivity index (χ0v) is 12.6. The second-order valence-corrected chi connectivity index (χ2v) is 6.70. The maximum atomic E-state index is 11.3. The summed E-state index contributed by atoms with van der Waals surface area (Å²) >= 11 is 0. The van der Waals surface area contributed by atoms with Gasteiger partial charge < -0.3 is 0 Å². The molecule has 6 nitrogen and oxygen atoms in total. The molecule has 2 N–H and O–H groups in total. The van der Waals surface area contributed by atoms with Gasteiger partial charge in [-0.1, -0.05) is 24.3 Å². The summed E-state index contributed by atoms with van der Waals surface area (Å²) < 4.78 is 24.3. The van der Waals surface area contributed by atoms with Crippen molar-refractivity contribution in [2.45, 2.75) is 17.7 Å². The molecule has 0 saturated heterocycles. The molecule has 1 aliphatic rings. The fourth-order valence-corrected chi connectivity index (χ4v) is 2.93. The number of primary sulfonamides is 1. The maximum Gasteiger partial charge on any atom is 0.238 e. The van der Waals surface area contributed by atoms with E-state index in [1.54, 1.807) is 16.8 Å². The number of sulfonamides is 1. The maximum absolute atomic E-state index is 11.3. The molecule has 2 aromatic rings. The Bertz CT molecular complexity index is 819. The average Bonchev–Trinajstić information content (AvgIpc) is 2.96. The molecule has 0 saturated carbocycles. The van der Waals surface area contributed by atoms with Crippen LogP contribution in [0.15, 0.2) is 59.8 Å². The minimum Gasteiger partial charge on any atom is -0.225 e. The summed E-state index contributed by atoms with van der Waals surface area (Å²) in [5.74, 6) is 1.24. The van der Waals surface area contributed by atoms with Gasteiger partial charge in [-0.2, -0.15) is 5.10 Å². The van der Waals surface area contributed by atoms with Crippen LogP contribution in [0.3, 0.4) is 0 Å². The van der Waals surface area contributed by atoms with E-state index in [2.05, 4.69) is 22.2 Å². The lowest BCUT2D eigenvalue weighted by atomic mass is 9.97. The summed E-state index contributed by atoms with van der Waals surface area (Å²) in [5.41, 5.74) is 0.759. The molecule has 1 heterocycles. The number of nitrogens with zero attached hydrogens (tertiary/aromatic N) is 3. The first-order valence-electron chi connectivity index (χ1n) is 6.89. The van der Waals surface area contributed by atoms with Gasteiger partial charge in [-0.05, 0) is 36.6 Å². The molecule has 3 rings (SSSR count). The summed E-state index contributed by atoms with van der Waals surface area (Å²) in [6.07, 6.45) is 11.6. The Morgan fingerprint density at radius 3 is 2.64 bits per heavy atom. The number of hydrogen-bond acceptors (Lipinski definition) is 4. The van der Waals surface area contributed by atoms with Gasteiger partial charge in [0.1, 0.15) is 12.2 Å². The van der Waals surface area contributed by atoms with Crippen LogP contribution in [-0.4, -0.2) is 23.2 Å². The minimum absolute atomic E-state index is 0.0817. The first-order valence-corrected chi connectivity index (χ1v) is 8.44. The number of allylic oxidation sites excluding steroid dienone is 4. The summed E-state index contributed by atoms with van der Waals surface area (Å²) in [4.78, 5) is 4.39. The van der Waals surface area contributed by atoms with E-state index in [0.29, 0.717) is 5.92 Å². The third-order valence-electron chi connectivity index (χ3n) is 3.54.